The van der Waals surface area contributed by atoms with E-state index < -0.39 is 0 Å². The molecule has 27 heavy (non-hydrogen) atoms. The van der Waals surface area contributed by atoms with Crippen molar-refractivity contribution < 1.29 is 4.79 Å². The van der Waals surface area contributed by atoms with Gasteiger partial charge in [-0.15, -0.1) is 0 Å². The number of nitrogens with one attached hydrogen (secondary N) is 1. The van der Waals surface area contributed by atoms with Crippen LogP contribution in [0.5, 0.6) is 0 Å². The Kier molecular flexibility index (Phi) is 4.62. The Balaban J connectivity index is 1.50. The zero-order valence-corrected chi connectivity index (χ0v) is 15.6. The lowest BCUT2D eigenvalue weighted by Crippen LogP contribution is -2.38. The quantitative estimate of drug-likeness (QED) is 0.776. The van der Waals surface area contributed by atoms with Crippen molar-refractivity contribution in [2.45, 2.75) is 12.5 Å². The highest BCUT2D eigenvalue weighted by Gasteiger charge is 2.27. The smallest absolute Gasteiger partial charge is 0.319 e. The van der Waals surface area contributed by atoms with Gasteiger partial charge in [0.05, 0.1) is 5.69 Å². The highest BCUT2D eigenvalue weighted by atomic mass is 16.2. The van der Waals surface area contributed by atoms with E-state index in [4.69, 9.17) is 0 Å². The molecule has 6 heteroatoms. The predicted octanol–water partition coefficient (Wildman–Crippen LogP) is 3.46. The van der Waals surface area contributed by atoms with E-state index in [2.05, 4.69) is 45.6 Å². The average Bonchev–Trinajstić information content (AvgIpc) is 3.15. The molecule has 6 nitrogen and oxygen atoms in total. The first-order valence-electron chi connectivity index (χ1n) is 9.15. The van der Waals surface area contributed by atoms with Gasteiger partial charge in [0.15, 0.2) is 0 Å². The maximum Gasteiger partial charge on any atom is 0.319 e. The summed E-state index contributed by atoms with van der Waals surface area (Å²) in [5.41, 5.74) is 1.95. The van der Waals surface area contributed by atoms with E-state index in [1.54, 1.807) is 25.2 Å². The molecule has 0 bridgehead atoms. The minimum Gasteiger partial charge on any atom is -0.350 e. The maximum absolute atomic E-state index is 12.1. The molecule has 0 radical (unpaired) electrons. The van der Waals surface area contributed by atoms with E-state index in [0.717, 1.165) is 24.2 Å². The fourth-order valence-electron chi connectivity index (χ4n) is 3.45. The van der Waals surface area contributed by atoms with Crippen molar-refractivity contribution in [2.24, 2.45) is 0 Å². The lowest BCUT2D eigenvalue weighted by atomic mass is 10.1. The van der Waals surface area contributed by atoms with Crippen LogP contribution in [0.1, 0.15) is 6.42 Å². The summed E-state index contributed by atoms with van der Waals surface area (Å²) < 4.78 is 0. The molecular weight excluding hydrogens is 338 g/mol. The number of benzene rings is 2. The van der Waals surface area contributed by atoms with Crippen molar-refractivity contribution in [3.63, 3.8) is 0 Å². The molecule has 2 aromatic carbocycles. The van der Waals surface area contributed by atoms with Crippen molar-refractivity contribution in [3.05, 3.63) is 54.7 Å². The summed E-state index contributed by atoms with van der Waals surface area (Å²) >= 11 is 0. The van der Waals surface area contributed by atoms with Crippen molar-refractivity contribution in [1.82, 2.24) is 19.8 Å². The topological polar surface area (TPSA) is 61.4 Å². The largest absolute Gasteiger partial charge is 0.350 e. The molecular formula is C21H23N5O. The van der Waals surface area contributed by atoms with Gasteiger partial charge in [0.1, 0.15) is 0 Å². The summed E-state index contributed by atoms with van der Waals surface area (Å²) in [6, 6.07) is 16.8. The van der Waals surface area contributed by atoms with Crippen LogP contribution in [0, 0.1) is 0 Å². The second-order valence-corrected chi connectivity index (χ2v) is 7.08. The van der Waals surface area contributed by atoms with Crippen LogP contribution < -0.4 is 5.32 Å². The second kappa shape index (κ2) is 7.23. The van der Waals surface area contributed by atoms with Gasteiger partial charge in [-0.25, -0.2) is 14.8 Å². The molecule has 1 N–H and O–H groups in total. The monoisotopic (exact) mass is 361 g/mol. The first kappa shape index (κ1) is 17.3. The molecule has 0 unspecified atom stereocenters. The number of carbonyl (C=O) groups is 1. The molecule has 1 aliphatic heterocycles. The van der Waals surface area contributed by atoms with Crippen molar-refractivity contribution in [1.29, 1.82) is 0 Å². The predicted molar refractivity (Wildman–Crippen MR) is 108 cm³/mol. The number of carbonyl (C=O) groups excluding carboxylic acids is 1. The Hall–Kier alpha value is -3.15. The van der Waals surface area contributed by atoms with Crippen LogP contribution >= 0.6 is 0 Å². The van der Waals surface area contributed by atoms with Crippen molar-refractivity contribution in [2.75, 3.05) is 32.5 Å². The lowest BCUT2D eigenvalue weighted by molar-refractivity contribution is 0.181. The molecule has 0 saturated carbocycles. The number of likely N-dealkylation sites (tertiary alicyclic amines) is 1. The number of hydrogen-bond donors (Lipinski definition) is 1. The van der Waals surface area contributed by atoms with Crippen LogP contribution in [0.25, 0.3) is 22.0 Å². The molecule has 1 saturated heterocycles. The van der Waals surface area contributed by atoms with Gasteiger partial charge in [0.25, 0.3) is 0 Å². The summed E-state index contributed by atoms with van der Waals surface area (Å²) in [6.07, 6.45) is 2.67. The van der Waals surface area contributed by atoms with Gasteiger partial charge < -0.3 is 15.1 Å². The minimum absolute atomic E-state index is 0.0464. The molecule has 4 rings (SSSR count). The third-order valence-electron chi connectivity index (χ3n) is 4.88. The number of anilines is 1. The summed E-state index contributed by atoms with van der Waals surface area (Å²) in [5.74, 6) is 0.602. The number of hydrogen-bond acceptors (Lipinski definition) is 4. The number of nitrogens with zero attached hydrogens (tertiary/aromatic N) is 4. The Morgan fingerprint density at radius 1 is 1.15 bits per heavy atom. The molecule has 1 aromatic heterocycles. The van der Waals surface area contributed by atoms with Gasteiger partial charge in [-0.2, -0.15) is 0 Å². The average molecular weight is 361 g/mol. The lowest BCUT2D eigenvalue weighted by Gasteiger charge is -2.21. The van der Waals surface area contributed by atoms with Crippen LogP contribution in [-0.4, -0.2) is 59.0 Å². The van der Waals surface area contributed by atoms with E-state index in [0.29, 0.717) is 12.5 Å². The standard InChI is InChI=1S/C21H23N5O/c1-25(2)21(27)26-12-10-18(14-26)23-20-22-11-9-19(24-20)17-8-7-15-5-3-4-6-16(15)13-17/h3-9,11,13,18H,10,12,14H2,1-2H3,(H,22,23,24)/t18-/m1/s1. The Bertz CT molecular complexity index is 971. The van der Waals surface area contributed by atoms with E-state index in [1.165, 1.54) is 10.8 Å². The zero-order chi connectivity index (χ0) is 18.8. The third-order valence-corrected chi connectivity index (χ3v) is 4.88. The molecule has 2 amide bonds. The molecule has 138 valence electrons. The van der Waals surface area contributed by atoms with Gasteiger partial charge in [0, 0.05) is 45.0 Å². The van der Waals surface area contributed by atoms with Gasteiger partial charge in [-0.3, -0.25) is 0 Å². The Morgan fingerprint density at radius 2 is 1.96 bits per heavy atom. The third kappa shape index (κ3) is 3.69. The van der Waals surface area contributed by atoms with Gasteiger partial charge in [0.2, 0.25) is 5.95 Å². The van der Waals surface area contributed by atoms with Crippen LogP contribution in [0.3, 0.4) is 0 Å². The molecule has 3 aromatic rings. The maximum atomic E-state index is 12.1. The van der Waals surface area contributed by atoms with Crippen molar-refractivity contribution >= 4 is 22.8 Å². The van der Waals surface area contributed by atoms with Crippen LogP contribution in [0.4, 0.5) is 10.7 Å². The fraction of sp³-hybridized carbons (Fsp3) is 0.286. The molecule has 0 spiro atoms. The second-order valence-electron chi connectivity index (χ2n) is 7.08. The molecule has 0 aliphatic carbocycles. The Labute approximate surface area is 158 Å². The fourth-order valence-corrected chi connectivity index (χ4v) is 3.45. The van der Waals surface area contributed by atoms with Crippen LogP contribution in [0.2, 0.25) is 0 Å². The van der Waals surface area contributed by atoms with Gasteiger partial charge in [-0.05, 0) is 29.3 Å². The number of aromatic nitrogens is 2. The number of urea groups is 1. The van der Waals surface area contributed by atoms with E-state index in [1.807, 2.05) is 23.1 Å². The normalized spacial score (nSPS) is 16.5. The Morgan fingerprint density at radius 3 is 2.78 bits per heavy atom. The SMILES string of the molecule is CN(C)C(=O)N1CC[C@@H](Nc2nccc(-c3ccc4ccccc4c3)n2)C1. The highest BCUT2D eigenvalue weighted by Crippen LogP contribution is 2.24. The zero-order valence-electron chi connectivity index (χ0n) is 15.6. The summed E-state index contributed by atoms with van der Waals surface area (Å²) in [7, 11) is 3.55. The summed E-state index contributed by atoms with van der Waals surface area (Å²) in [5, 5.41) is 5.78. The van der Waals surface area contributed by atoms with E-state index in [9.17, 15) is 4.79 Å². The first-order chi connectivity index (χ1) is 13.1. The number of rotatable bonds is 3. The molecule has 1 aliphatic rings. The number of fused-ring (bicyclic) bond motifs is 1. The van der Waals surface area contributed by atoms with Crippen molar-refractivity contribution in [3.8, 4) is 11.3 Å². The van der Waals surface area contributed by atoms with Crippen LogP contribution in [-0.2, 0) is 0 Å². The van der Waals surface area contributed by atoms with E-state index in [-0.39, 0.29) is 12.1 Å². The summed E-state index contributed by atoms with van der Waals surface area (Å²) in [4.78, 5) is 24.6. The van der Waals surface area contributed by atoms with Gasteiger partial charge >= 0.3 is 6.03 Å². The van der Waals surface area contributed by atoms with E-state index >= 15 is 0 Å². The van der Waals surface area contributed by atoms with Gasteiger partial charge in [-0.1, -0.05) is 36.4 Å². The minimum atomic E-state index is 0.0464. The first-order valence-corrected chi connectivity index (χ1v) is 9.15. The molecule has 1 atom stereocenters. The molecule has 1 fully saturated rings. The highest BCUT2D eigenvalue weighted by molar-refractivity contribution is 5.86. The number of amides is 2. The molecule has 2 heterocycles. The summed E-state index contributed by atoms with van der Waals surface area (Å²) in [6.45, 7) is 1.42. The van der Waals surface area contributed by atoms with Crippen LogP contribution in [0.15, 0.2) is 54.7 Å².